The van der Waals surface area contributed by atoms with Crippen molar-refractivity contribution in [1.82, 2.24) is 10.2 Å². The SMILES string of the molecule is CC1(CCNC(=O)N2CCc3c(cccc3C(N)=O)C2)CC1(F)Cl. The molecule has 24 heavy (non-hydrogen) atoms. The molecular formula is C17H21ClFN3O2. The van der Waals surface area contributed by atoms with E-state index in [1.54, 1.807) is 24.0 Å². The number of nitrogens with zero attached hydrogens (tertiary/aromatic N) is 1. The number of carbonyl (C=O) groups excluding carboxylic acids is 2. The van der Waals surface area contributed by atoms with Crippen LogP contribution in [0.15, 0.2) is 18.2 Å². The number of halogens is 2. The molecule has 7 heteroatoms. The molecule has 5 nitrogen and oxygen atoms in total. The minimum Gasteiger partial charge on any atom is -0.366 e. The second-order valence-corrected chi connectivity index (χ2v) is 7.50. The highest BCUT2D eigenvalue weighted by molar-refractivity contribution is 6.25. The molecule has 1 heterocycles. The number of urea groups is 1. The zero-order valence-corrected chi connectivity index (χ0v) is 14.3. The summed E-state index contributed by atoms with van der Waals surface area (Å²) in [5, 5.41) is 1.19. The Balaban J connectivity index is 1.57. The number of nitrogens with one attached hydrogen (secondary N) is 1. The summed E-state index contributed by atoms with van der Waals surface area (Å²) in [6, 6.07) is 5.20. The third-order valence-electron chi connectivity index (χ3n) is 5.14. The van der Waals surface area contributed by atoms with Crippen LogP contribution in [0.4, 0.5) is 9.18 Å². The van der Waals surface area contributed by atoms with Crippen molar-refractivity contribution in [3.8, 4) is 0 Å². The third kappa shape index (κ3) is 3.07. The molecule has 1 saturated carbocycles. The predicted molar refractivity (Wildman–Crippen MR) is 89.5 cm³/mol. The summed E-state index contributed by atoms with van der Waals surface area (Å²) >= 11 is 5.68. The van der Waals surface area contributed by atoms with Gasteiger partial charge < -0.3 is 16.0 Å². The summed E-state index contributed by atoms with van der Waals surface area (Å²) in [6.45, 7) is 3.12. The second kappa shape index (κ2) is 5.92. The van der Waals surface area contributed by atoms with Crippen LogP contribution in [-0.2, 0) is 13.0 Å². The maximum Gasteiger partial charge on any atom is 0.317 e. The number of hydrogen-bond donors (Lipinski definition) is 2. The van der Waals surface area contributed by atoms with Gasteiger partial charge in [-0.15, -0.1) is 0 Å². The van der Waals surface area contributed by atoms with Gasteiger partial charge in [-0.3, -0.25) is 4.79 Å². The molecule has 3 amide bonds. The smallest absolute Gasteiger partial charge is 0.317 e. The molecule has 3 rings (SSSR count). The number of amides is 3. The molecule has 2 atom stereocenters. The van der Waals surface area contributed by atoms with E-state index in [4.69, 9.17) is 17.3 Å². The first-order valence-corrected chi connectivity index (χ1v) is 8.42. The lowest BCUT2D eigenvalue weighted by molar-refractivity contribution is 0.0999. The Morgan fingerprint density at radius 2 is 2.17 bits per heavy atom. The number of primary amides is 1. The zero-order valence-electron chi connectivity index (χ0n) is 13.6. The van der Waals surface area contributed by atoms with Gasteiger partial charge in [0.2, 0.25) is 5.91 Å². The number of rotatable bonds is 4. The second-order valence-electron chi connectivity index (χ2n) is 6.90. The molecule has 2 aliphatic rings. The van der Waals surface area contributed by atoms with Crippen LogP contribution in [0.1, 0.15) is 41.3 Å². The van der Waals surface area contributed by atoms with Gasteiger partial charge in [0.25, 0.3) is 0 Å². The maximum absolute atomic E-state index is 13.6. The quantitative estimate of drug-likeness (QED) is 0.816. The lowest BCUT2D eigenvalue weighted by Gasteiger charge is -2.30. The van der Waals surface area contributed by atoms with Gasteiger partial charge in [-0.2, -0.15) is 0 Å². The molecule has 1 aromatic carbocycles. The van der Waals surface area contributed by atoms with Gasteiger partial charge in [0.05, 0.1) is 0 Å². The van der Waals surface area contributed by atoms with Gasteiger partial charge in [-0.05, 0) is 30.0 Å². The zero-order chi connectivity index (χ0) is 17.5. The summed E-state index contributed by atoms with van der Waals surface area (Å²) in [7, 11) is 0. The summed E-state index contributed by atoms with van der Waals surface area (Å²) < 4.78 is 13.6. The molecule has 130 valence electrons. The molecule has 1 aliphatic carbocycles. The highest BCUT2D eigenvalue weighted by Gasteiger charge is 2.64. The predicted octanol–water partition coefficient (Wildman–Crippen LogP) is 2.56. The fourth-order valence-electron chi connectivity index (χ4n) is 3.29. The summed E-state index contributed by atoms with van der Waals surface area (Å²) in [6.07, 6.45) is 1.42. The monoisotopic (exact) mass is 353 g/mol. The van der Waals surface area contributed by atoms with Crippen molar-refractivity contribution < 1.29 is 14.0 Å². The van der Waals surface area contributed by atoms with E-state index >= 15 is 0 Å². The van der Waals surface area contributed by atoms with Crippen LogP contribution < -0.4 is 11.1 Å². The number of benzene rings is 1. The topological polar surface area (TPSA) is 75.4 Å². The van der Waals surface area contributed by atoms with Gasteiger partial charge >= 0.3 is 6.03 Å². The van der Waals surface area contributed by atoms with Crippen molar-refractivity contribution in [2.45, 2.75) is 37.9 Å². The molecule has 3 N–H and O–H groups in total. The largest absolute Gasteiger partial charge is 0.366 e. The van der Waals surface area contributed by atoms with Gasteiger partial charge in [0, 0.05) is 37.0 Å². The first-order chi connectivity index (χ1) is 11.2. The Kier molecular flexibility index (Phi) is 4.20. The highest BCUT2D eigenvalue weighted by atomic mass is 35.5. The molecule has 1 fully saturated rings. The fourth-order valence-corrected chi connectivity index (χ4v) is 3.68. The van der Waals surface area contributed by atoms with Crippen molar-refractivity contribution in [3.63, 3.8) is 0 Å². The average Bonchev–Trinajstić information content (AvgIpc) is 3.03. The summed E-state index contributed by atoms with van der Waals surface area (Å²) in [5.74, 6) is -0.446. The normalized spacial score (nSPS) is 28.2. The number of alkyl halides is 2. The van der Waals surface area contributed by atoms with E-state index in [2.05, 4.69) is 5.32 Å². The van der Waals surface area contributed by atoms with Crippen molar-refractivity contribution in [2.75, 3.05) is 13.1 Å². The van der Waals surface area contributed by atoms with Crippen molar-refractivity contribution in [3.05, 3.63) is 34.9 Å². The van der Waals surface area contributed by atoms with Crippen LogP contribution >= 0.6 is 11.6 Å². The molecule has 1 aromatic rings. The van der Waals surface area contributed by atoms with Crippen LogP contribution in [0.25, 0.3) is 0 Å². The third-order valence-corrected chi connectivity index (χ3v) is 5.73. The van der Waals surface area contributed by atoms with Gasteiger partial charge in [0.15, 0.2) is 5.13 Å². The van der Waals surface area contributed by atoms with Gasteiger partial charge in [-0.1, -0.05) is 30.7 Å². The summed E-state index contributed by atoms with van der Waals surface area (Å²) in [5.41, 5.74) is 7.22. The molecule has 1 aliphatic heterocycles. The molecule has 0 spiro atoms. The molecule has 0 bridgehead atoms. The van der Waals surface area contributed by atoms with E-state index < -0.39 is 16.5 Å². The Morgan fingerprint density at radius 3 is 2.79 bits per heavy atom. The minimum atomic E-state index is -1.63. The molecule has 0 aromatic heterocycles. The van der Waals surface area contributed by atoms with Crippen LogP contribution in [0.5, 0.6) is 0 Å². The maximum atomic E-state index is 13.6. The van der Waals surface area contributed by atoms with Crippen molar-refractivity contribution >= 4 is 23.5 Å². The highest BCUT2D eigenvalue weighted by Crippen LogP contribution is 2.63. The Labute approximate surface area is 145 Å². The van der Waals surface area contributed by atoms with Gasteiger partial charge in [0.1, 0.15) is 0 Å². The van der Waals surface area contributed by atoms with Gasteiger partial charge in [-0.25, -0.2) is 9.18 Å². The standard InChI is InChI=1S/C17H21ClFN3O2/c1-16(10-17(16,18)19)6-7-21-15(24)22-8-5-12-11(9-22)3-2-4-13(12)14(20)23/h2-4H,5-10H2,1H3,(H2,20,23)(H,21,24). The van der Waals surface area contributed by atoms with Crippen LogP contribution in [0, 0.1) is 5.41 Å². The molecule has 2 unspecified atom stereocenters. The molecule has 0 radical (unpaired) electrons. The van der Waals surface area contributed by atoms with E-state index in [9.17, 15) is 14.0 Å². The van der Waals surface area contributed by atoms with Crippen LogP contribution in [0.3, 0.4) is 0 Å². The minimum absolute atomic E-state index is 0.187. The number of carbonyl (C=O) groups is 2. The average molecular weight is 354 g/mol. The van der Waals surface area contributed by atoms with E-state index in [1.807, 2.05) is 6.07 Å². The van der Waals surface area contributed by atoms with E-state index in [-0.39, 0.29) is 6.03 Å². The summed E-state index contributed by atoms with van der Waals surface area (Å²) in [4.78, 5) is 25.4. The fraction of sp³-hybridized carbons (Fsp3) is 0.529. The molecule has 0 saturated heterocycles. The lowest BCUT2D eigenvalue weighted by Crippen LogP contribution is -2.43. The van der Waals surface area contributed by atoms with Crippen LogP contribution in [-0.4, -0.2) is 35.1 Å². The van der Waals surface area contributed by atoms with Crippen LogP contribution in [0.2, 0.25) is 0 Å². The van der Waals surface area contributed by atoms with E-state index in [0.717, 1.165) is 11.1 Å². The Bertz CT molecular complexity index is 694. The Hall–Kier alpha value is -1.82. The van der Waals surface area contributed by atoms with Crippen molar-refractivity contribution in [2.24, 2.45) is 11.1 Å². The number of fused-ring (bicyclic) bond motifs is 1. The Morgan fingerprint density at radius 1 is 1.46 bits per heavy atom. The van der Waals surface area contributed by atoms with E-state index in [0.29, 0.717) is 44.5 Å². The van der Waals surface area contributed by atoms with Crippen molar-refractivity contribution in [1.29, 1.82) is 0 Å². The molecular weight excluding hydrogens is 333 g/mol. The number of nitrogens with two attached hydrogens (primary N) is 1. The van der Waals surface area contributed by atoms with E-state index in [1.165, 1.54) is 0 Å². The first kappa shape index (κ1) is 17.0. The number of hydrogen-bond acceptors (Lipinski definition) is 2. The first-order valence-electron chi connectivity index (χ1n) is 8.05. The lowest BCUT2D eigenvalue weighted by atomic mass is 9.94.